The van der Waals surface area contributed by atoms with Gasteiger partial charge in [0.05, 0.1) is 0 Å². The lowest BCUT2D eigenvalue weighted by atomic mass is 10.0. The largest absolute Gasteiger partial charge is 0.339 e. The Morgan fingerprint density at radius 2 is 1.88 bits per heavy atom. The Balaban J connectivity index is 2.03. The molecule has 1 fully saturated rings. The molecule has 1 saturated heterocycles. The number of nitrogens with two attached hydrogens (primary N) is 1. The summed E-state index contributed by atoms with van der Waals surface area (Å²) < 4.78 is 0. The smallest absolute Gasteiger partial charge is 0.253 e. The van der Waals surface area contributed by atoms with Crippen molar-refractivity contribution in [2.75, 3.05) is 13.1 Å². The Bertz CT molecular complexity index is 383. The first-order chi connectivity index (χ1) is 8.20. The monoisotopic (exact) mass is 252 g/mol. The predicted octanol–water partition coefficient (Wildman–Crippen LogP) is 1.99. The van der Waals surface area contributed by atoms with Gasteiger partial charge in [0.15, 0.2) is 0 Å². The SMILES string of the molecule is NC1CCN(C(=O)c2ccc(CCl)cc2)CC1. The van der Waals surface area contributed by atoms with Gasteiger partial charge in [-0.05, 0) is 30.5 Å². The van der Waals surface area contributed by atoms with E-state index in [2.05, 4.69) is 0 Å². The number of amides is 1. The summed E-state index contributed by atoms with van der Waals surface area (Å²) in [5.74, 6) is 0.575. The molecule has 0 saturated carbocycles. The molecule has 0 atom stereocenters. The third-order valence-electron chi connectivity index (χ3n) is 3.18. The number of rotatable bonds is 2. The number of piperidine rings is 1. The third kappa shape index (κ3) is 2.99. The molecule has 0 radical (unpaired) electrons. The van der Waals surface area contributed by atoms with Crippen molar-refractivity contribution in [2.24, 2.45) is 5.73 Å². The van der Waals surface area contributed by atoms with Gasteiger partial charge in [-0.25, -0.2) is 0 Å². The number of nitrogens with zero attached hydrogens (tertiary/aromatic N) is 1. The summed E-state index contributed by atoms with van der Waals surface area (Å²) in [6.07, 6.45) is 1.79. The molecule has 3 nitrogen and oxygen atoms in total. The van der Waals surface area contributed by atoms with Crippen molar-refractivity contribution in [1.82, 2.24) is 4.90 Å². The van der Waals surface area contributed by atoms with E-state index in [0.29, 0.717) is 5.88 Å². The molecule has 1 amide bonds. The summed E-state index contributed by atoms with van der Waals surface area (Å²) in [5, 5.41) is 0. The average Bonchev–Trinajstić information content (AvgIpc) is 2.39. The van der Waals surface area contributed by atoms with Crippen LogP contribution < -0.4 is 5.73 Å². The number of likely N-dealkylation sites (tertiary alicyclic amines) is 1. The van der Waals surface area contributed by atoms with Gasteiger partial charge in [0.2, 0.25) is 0 Å². The maximum Gasteiger partial charge on any atom is 0.253 e. The van der Waals surface area contributed by atoms with E-state index in [4.69, 9.17) is 17.3 Å². The molecule has 1 heterocycles. The topological polar surface area (TPSA) is 46.3 Å². The van der Waals surface area contributed by atoms with E-state index >= 15 is 0 Å². The van der Waals surface area contributed by atoms with Crippen molar-refractivity contribution in [1.29, 1.82) is 0 Å². The second-order valence-electron chi connectivity index (χ2n) is 4.46. The van der Waals surface area contributed by atoms with Gasteiger partial charge in [0, 0.05) is 30.6 Å². The highest BCUT2D eigenvalue weighted by molar-refractivity contribution is 6.17. The Labute approximate surface area is 107 Å². The number of carbonyl (C=O) groups is 1. The molecule has 0 aromatic heterocycles. The molecule has 1 aromatic rings. The maximum absolute atomic E-state index is 12.2. The minimum Gasteiger partial charge on any atom is -0.339 e. The minimum absolute atomic E-state index is 0.0954. The normalized spacial score (nSPS) is 17.2. The molecular weight excluding hydrogens is 236 g/mol. The number of benzene rings is 1. The molecule has 1 aliphatic rings. The van der Waals surface area contributed by atoms with Crippen molar-refractivity contribution in [3.63, 3.8) is 0 Å². The molecule has 2 N–H and O–H groups in total. The molecule has 0 spiro atoms. The predicted molar refractivity (Wildman–Crippen MR) is 69.1 cm³/mol. The minimum atomic E-state index is 0.0954. The number of hydrogen-bond acceptors (Lipinski definition) is 2. The molecule has 92 valence electrons. The van der Waals surface area contributed by atoms with Crippen LogP contribution >= 0.6 is 11.6 Å². The Kier molecular flexibility index (Phi) is 4.02. The van der Waals surface area contributed by atoms with Crippen LogP contribution in [0, 0.1) is 0 Å². The van der Waals surface area contributed by atoms with Gasteiger partial charge < -0.3 is 10.6 Å². The molecule has 17 heavy (non-hydrogen) atoms. The second kappa shape index (κ2) is 5.52. The fourth-order valence-electron chi connectivity index (χ4n) is 2.02. The lowest BCUT2D eigenvalue weighted by Gasteiger charge is -2.30. The molecule has 1 aliphatic heterocycles. The average molecular weight is 253 g/mol. The van der Waals surface area contributed by atoms with Crippen molar-refractivity contribution in [3.05, 3.63) is 35.4 Å². The molecule has 0 unspecified atom stereocenters. The van der Waals surface area contributed by atoms with Crippen LogP contribution in [0.25, 0.3) is 0 Å². The van der Waals surface area contributed by atoms with Gasteiger partial charge in [-0.2, -0.15) is 0 Å². The number of carbonyl (C=O) groups excluding carboxylic acids is 1. The number of alkyl halides is 1. The molecule has 4 heteroatoms. The van der Waals surface area contributed by atoms with Crippen molar-refractivity contribution >= 4 is 17.5 Å². The first-order valence-electron chi connectivity index (χ1n) is 5.90. The maximum atomic E-state index is 12.2. The van der Waals surface area contributed by atoms with Crippen LogP contribution in [-0.2, 0) is 5.88 Å². The first-order valence-corrected chi connectivity index (χ1v) is 6.44. The second-order valence-corrected chi connectivity index (χ2v) is 4.73. The third-order valence-corrected chi connectivity index (χ3v) is 3.49. The van der Waals surface area contributed by atoms with E-state index < -0.39 is 0 Å². The number of halogens is 1. The highest BCUT2D eigenvalue weighted by Gasteiger charge is 2.21. The van der Waals surface area contributed by atoms with Gasteiger partial charge in [-0.3, -0.25) is 4.79 Å². The Hall–Kier alpha value is -1.06. The lowest BCUT2D eigenvalue weighted by Crippen LogP contribution is -2.42. The zero-order valence-electron chi connectivity index (χ0n) is 9.73. The van der Waals surface area contributed by atoms with Crippen LogP contribution in [0.15, 0.2) is 24.3 Å². The van der Waals surface area contributed by atoms with Gasteiger partial charge in [0.25, 0.3) is 5.91 Å². The summed E-state index contributed by atoms with van der Waals surface area (Å²) in [6.45, 7) is 1.52. The molecule has 0 bridgehead atoms. The van der Waals surface area contributed by atoms with E-state index in [1.165, 1.54) is 0 Å². The quantitative estimate of drug-likeness (QED) is 0.819. The van der Waals surface area contributed by atoms with Crippen LogP contribution in [0.2, 0.25) is 0 Å². The molecule has 1 aromatic carbocycles. The van der Waals surface area contributed by atoms with Gasteiger partial charge in [0.1, 0.15) is 0 Å². The van der Waals surface area contributed by atoms with Gasteiger partial charge in [-0.15, -0.1) is 11.6 Å². The summed E-state index contributed by atoms with van der Waals surface area (Å²) in [7, 11) is 0. The summed E-state index contributed by atoms with van der Waals surface area (Å²) >= 11 is 5.71. The molecule has 0 aliphatic carbocycles. The zero-order valence-corrected chi connectivity index (χ0v) is 10.5. The Morgan fingerprint density at radius 3 is 2.41 bits per heavy atom. The van der Waals surface area contributed by atoms with Gasteiger partial charge in [-0.1, -0.05) is 12.1 Å². The van der Waals surface area contributed by atoms with E-state index in [-0.39, 0.29) is 11.9 Å². The first kappa shape index (κ1) is 12.4. The van der Waals surface area contributed by atoms with Crippen molar-refractivity contribution < 1.29 is 4.79 Å². The van der Waals surface area contributed by atoms with Crippen LogP contribution in [0.4, 0.5) is 0 Å². The van der Waals surface area contributed by atoms with E-state index in [0.717, 1.165) is 37.1 Å². The highest BCUT2D eigenvalue weighted by Crippen LogP contribution is 2.14. The van der Waals surface area contributed by atoms with E-state index in [9.17, 15) is 4.79 Å². The van der Waals surface area contributed by atoms with Gasteiger partial charge >= 0.3 is 0 Å². The fraction of sp³-hybridized carbons (Fsp3) is 0.462. The number of hydrogen-bond donors (Lipinski definition) is 1. The van der Waals surface area contributed by atoms with Crippen molar-refractivity contribution in [3.8, 4) is 0 Å². The summed E-state index contributed by atoms with van der Waals surface area (Å²) in [6, 6.07) is 7.73. The van der Waals surface area contributed by atoms with Crippen LogP contribution in [0.5, 0.6) is 0 Å². The standard InChI is InChI=1S/C13H17ClN2O/c14-9-10-1-3-11(4-2-10)13(17)16-7-5-12(15)6-8-16/h1-4,12H,5-9,15H2. The van der Waals surface area contributed by atoms with E-state index in [1.54, 1.807) is 0 Å². The van der Waals surface area contributed by atoms with Crippen molar-refractivity contribution in [2.45, 2.75) is 24.8 Å². The summed E-state index contributed by atoms with van der Waals surface area (Å²) in [5.41, 5.74) is 7.58. The lowest BCUT2D eigenvalue weighted by molar-refractivity contribution is 0.0715. The molecule has 2 rings (SSSR count). The van der Waals surface area contributed by atoms with E-state index in [1.807, 2.05) is 29.2 Å². The van der Waals surface area contributed by atoms with Crippen LogP contribution in [0.3, 0.4) is 0 Å². The fourth-order valence-corrected chi connectivity index (χ4v) is 2.20. The highest BCUT2D eigenvalue weighted by atomic mass is 35.5. The van der Waals surface area contributed by atoms with Crippen LogP contribution in [0.1, 0.15) is 28.8 Å². The molecular formula is C13H17ClN2O. The zero-order chi connectivity index (χ0) is 12.3. The Morgan fingerprint density at radius 1 is 1.29 bits per heavy atom. The van der Waals surface area contributed by atoms with Crippen LogP contribution in [-0.4, -0.2) is 29.9 Å². The summed E-state index contributed by atoms with van der Waals surface area (Å²) in [4.78, 5) is 14.0.